The van der Waals surface area contributed by atoms with Crippen LogP contribution in [-0.2, 0) is 0 Å². The van der Waals surface area contributed by atoms with Crippen molar-refractivity contribution in [2.45, 2.75) is 123 Å². The van der Waals surface area contributed by atoms with Gasteiger partial charge in [-0.3, -0.25) is 0 Å². The lowest BCUT2D eigenvalue weighted by atomic mass is 9.47. The highest BCUT2D eigenvalue weighted by molar-refractivity contribution is 5.25. The summed E-state index contributed by atoms with van der Waals surface area (Å²) in [6, 6.07) is 0. The molecule has 1 nitrogen and oxygen atoms in total. The van der Waals surface area contributed by atoms with Crippen LogP contribution in [0.15, 0.2) is 11.6 Å². The summed E-state index contributed by atoms with van der Waals surface area (Å²) < 4.78 is 0. The monoisotopic (exact) mass is 398 g/mol. The molecule has 0 spiro atoms. The fourth-order valence-corrected chi connectivity index (χ4v) is 9.35. The van der Waals surface area contributed by atoms with Gasteiger partial charge in [-0.1, -0.05) is 70.4 Å². The number of hydrogen-bond donors (Lipinski definition) is 1. The molecule has 5 rings (SSSR count). The van der Waals surface area contributed by atoms with E-state index in [0.717, 1.165) is 42.4 Å². The average Bonchev–Trinajstić information content (AvgIpc) is 3.33. The van der Waals surface area contributed by atoms with E-state index in [1.165, 1.54) is 89.9 Å². The van der Waals surface area contributed by atoms with Gasteiger partial charge in [0.25, 0.3) is 0 Å². The number of aliphatic hydroxyl groups excluding tert-OH is 1. The predicted octanol–water partition coefficient (Wildman–Crippen LogP) is 7.68. The van der Waals surface area contributed by atoms with Gasteiger partial charge in [0.1, 0.15) is 0 Å². The molecule has 0 aromatic heterocycles. The van der Waals surface area contributed by atoms with Gasteiger partial charge in [0.15, 0.2) is 0 Å². The van der Waals surface area contributed by atoms with Crippen LogP contribution in [0.25, 0.3) is 0 Å². The van der Waals surface area contributed by atoms with Crippen LogP contribution in [0.3, 0.4) is 0 Å². The quantitative estimate of drug-likeness (QED) is 0.372. The first-order valence-corrected chi connectivity index (χ1v) is 13.4. The Bertz CT molecular complexity index is 616. The van der Waals surface area contributed by atoms with Gasteiger partial charge in [-0.15, -0.1) is 0 Å². The third kappa shape index (κ3) is 3.56. The van der Waals surface area contributed by atoms with Crippen LogP contribution < -0.4 is 0 Å². The second kappa shape index (κ2) is 7.99. The number of aliphatic hydroxyl groups is 1. The number of unbranched alkanes of at least 4 members (excludes halogenated alkanes) is 1. The maximum absolute atomic E-state index is 10.2. The Morgan fingerprint density at radius 2 is 1.69 bits per heavy atom. The molecule has 29 heavy (non-hydrogen) atoms. The molecule has 0 aromatic carbocycles. The van der Waals surface area contributed by atoms with Crippen LogP contribution in [0.2, 0.25) is 0 Å². The minimum Gasteiger partial charge on any atom is -0.393 e. The van der Waals surface area contributed by atoms with Crippen LogP contribution in [0, 0.1) is 40.4 Å². The molecule has 164 valence electrons. The standard InChI is InChI=1S/C28H46O/c1-27-18-16-26-24(13-11-22-19-23(29)15-17-28(22,26)2)25(27)14-12-21(27)10-6-5-9-20-7-3-4-8-20/h11,20-21,23-26,29H,3-10,12-19H2,1-2H3/t21?,23-,24-,25?,26?,27+,28-/m0/s1. The normalized spacial score (nSPS) is 47.4. The number of fused-ring (bicyclic) bond motifs is 5. The Morgan fingerprint density at radius 3 is 2.52 bits per heavy atom. The highest BCUT2D eigenvalue weighted by Gasteiger charge is 2.58. The Kier molecular flexibility index (Phi) is 5.68. The van der Waals surface area contributed by atoms with Crippen molar-refractivity contribution < 1.29 is 5.11 Å². The van der Waals surface area contributed by atoms with Gasteiger partial charge in [0, 0.05) is 0 Å². The molecule has 1 N–H and O–H groups in total. The highest BCUT2D eigenvalue weighted by atomic mass is 16.3. The van der Waals surface area contributed by atoms with E-state index in [2.05, 4.69) is 19.9 Å². The molecule has 0 amide bonds. The third-order valence-electron chi connectivity index (χ3n) is 11.2. The van der Waals surface area contributed by atoms with Gasteiger partial charge in [0.2, 0.25) is 0 Å². The molecule has 1 heteroatoms. The summed E-state index contributed by atoms with van der Waals surface area (Å²) >= 11 is 0. The minimum atomic E-state index is -0.0696. The molecule has 7 atom stereocenters. The van der Waals surface area contributed by atoms with Crippen LogP contribution in [0.5, 0.6) is 0 Å². The molecule has 0 aliphatic heterocycles. The van der Waals surface area contributed by atoms with Crippen molar-refractivity contribution >= 4 is 0 Å². The summed E-state index contributed by atoms with van der Waals surface area (Å²) in [6.07, 6.45) is 25.1. The number of allylic oxidation sites excluding steroid dienone is 1. The fourth-order valence-electron chi connectivity index (χ4n) is 9.35. The van der Waals surface area contributed by atoms with E-state index in [4.69, 9.17) is 0 Å². The molecule has 4 saturated carbocycles. The lowest BCUT2D eigenvalue weighted by Gasteiger charge is -2.58. The number of rotatable bonds is 5. The first kappa shape index (κ1) is 20.6. The van der Waals surface area contributed by atoms with E-state index in [1.54, 1.807) is 5.57 Å². The summed E-state index contributed by atoms with van der Waals surface area (Å²) in [7, 11) is 0. The third-order valence-corrected chi connectivity index (χ3v) is 11.2. The van der Waals surface area contributed by atoms with Crippen molar-refractivity contribution in [3.8, 4) is 0 Å². The van der Waals surface area contributed by atoms with Gasteiger partial charge < -0.3 is 5.11 Å². The van der Waals surface area contributed by atoms with Gasteiger partial charge in [-0.2, -0.15) is 0 Å². The zero-order chi connectivity index (χ0) is 20.1. The van der Waals surface area contributed by atoms with Crippen molar-refractivity contribution in [1.82, 2.24) is 0 Å². The topological polar surface area (TPSA) is 20.2 Å². The van der Waals surface area contributed by atoms with Crippen LogP contribution >= 0.6 is 0 Å². The molecular formula is C28H46O. The summed E-state index contributed by atoms with van der Waals surface area (Å²) in [5, 5.41) is 10.2. The van der Waals surface area contributed by atoms with Crippen molar-refractivity contribution in [3.63, 3.8) is 0 Å². The average molecular weight is 399 g/mol. The Balaban J connectivity index is 1.22. The molecule has 0 heterocycles. The zero-order valence-corrected chi connectivity index (χ0v) is 19.3. The maximum atomic E-state index is 10.2. The SMILES string of the molecule is C[C@]12CCC3[C@@H](CC=C4C[C@@H](O)CC[C@@]43C)C1CCC2CCCCC1CCCC1. The van der Waals surface area contributed by atoms with Crippen molar-refractivity contribution in [1.29, 1.82) is 0 Å². The molecular weight excluding hydrogens is 352 g/mol. The largest absolute Gasteiger partial charge is 0.393 e. The van der Waals surface area contributed by atoms with Gasteiger partial charge in [-0.25, -0.2) is 0 Å². The molecule has 0 aromatic rings. The number of hydrogen-bond acceptors (Lipinski definition) is 1. The summed E-state index contributed by atoms with van der Waals surface area (Å²) in [6.45, 7) is 5.27. The first-order chi connectivity index (χ1) is 14.0. The lowest BCUT2D eigenvalue weighted by molar-refractivity contribution is -0.0508. The van der Waals surface area contributed by atoms with Gasteiger partial charge in [-0.05, 0) is 98.2 Å². The van der Waals surface area contributed by atoms with Gasteiger partial charge in [0.05, 0.1) is 6.10 Å². The molecule has 4 fully saturated rings. The van der Waals surface area contributed by atoms with Crippen LogP contribution in [0.1, 0.15) is 117 Å². The Labute approximate surface area is 180 Å². The zero-order valence-electron chi connectivity index (χ0n) is 19.3. The van der Waals surface area contributed by atoms with E-state index in [0.29, 0.717) is 10.8 Å². The van der Waals surface area contributed by atoms with E-state index >= 15 is 0 Å². The molecule has 0 bridgehead atoms. The van der Waals surface area contributed by atoms with Crippen LogP contribution in [0.4, 0.5) is 0 Å². The summed E-state index contributed by atoms with van der Waals surface area (Å²) in [4.78, 5) is 0. The summed E-state index contributed by atoms with van der Waals surface area (Å²) in [5.41, 5.74) is 2.66. The smallest absolute Gasteiger partial charge is 0.0577 e. The molecule has 5 aliphatic carbocycles. The maximum Gasteiger partial charge on any atom is 0.0577 e. The van der Waals surface area contributed by atoms with E-state index in [-0.39, 0.29) is 6.10 Å². The molecule has 3 unspecified atom stereocenters. The first-order valence-electron chi connectivity index (χ1n) is 13.4. The van der Waals surface area contributed by atoms with Crippen molar-refractivity contribution in [2.75, 3.05) is 0 Å². The van der Waals surface area contributed by atoms with Crippen LogP contribution in [-0.4, -0.2) is 11.2 Å². The lowest BCUT2D eigenvalue weighted by Crippen LogP contribution is -2.50. The highest BCUT2D eigenvalue weighted by Crippen LogP contribution is 2.66. The predicted molar refractivity (Wildman–Crippen MR) is 122 cm³/mol. The molecule has 0 radical (unpaired) electrons. The van der Waals surface area contributed by atoms with E-state index in [1.807, 2.05) is 0 Å². The van der Waals surface area contributed by atoms with Crippen molar-refractivity contribution in [2.24, 2.45) is 40.4 Å². The molecule has 5 aliphatic rings. The van der Waals surface area contributed by atoms with Crippen molar-refractivity contribution in [3.05, 3.63) is 11.6 Å². The van der Waals surface area contributed by atoms with E-state index < -0.39 is 0 Å². The molecule has 0 saturated heterocycles. The fraction of sp³-hybridized carbons (Fsp3) is 0.929. The van der Waals surface area contributed by atoms with E-state index in [9.17, 15) is 5.11 Å². The minimum absolute atomic E-state index is 0.0696. The summed E-state index contributed by atoms with van der Waals surface area (Å²) in [5.74, 6) is 4.89. The second-order valence-corrected chi connectivity index (χ2v) is 12.4. The van der Waals surface area contributed by atoms with Gasteiger partial charge >= 0.3 is 0 Å². The Hall–Kier alpha value is -0.300. The Morgan fingerprint density at radius 1 is 0.897 bits per heavy atom. The second-order valence-electron chi connectivity index (χ2n) is 12.4.